The molecule has 0 saturated carbocycles. The minimum absolute atomic E-state index is 0.0729. The van der Waals surface area contributed by atoms with Crippen LogP contribution in [-0.2, 0) is 20.3 Å². The van der Waals surface area contributed by atoms with Crippen molar-refractivity contribution < 1.29 is 17.9 Å². The van der Waals surface area contributed by atoms with E-state index < -0.39 is 15.4 Å². The number of hydrogen-bond acceptors (Lipinski definition) is 7. The van der Waals surface area contributed by atoms with Gasteiger partial charge in [0.2, 0.25) is 0 Å². The van der Waals surface area contributed by atoms with E-state index in [4.69, 9.17) is 4.74 Å². The number of benzene rings is 1. The quantitative estimate of drug-likeness (QED) is 0.685. The highest BCUT2D eigenvalue weighted by molar-refractivity contribution is 7.90. The Labute approximate surface area is 179 Å². The van der Waals surface area contributed by atoms with Crippen LogP contribution in [0, 0.1) is 0 Å². The van der Waals surface area contributed by atoms with Gasteiger partial charge in [0.05, 0.1) is 24.1 Å². The highest BCUT2D eigenvalue weighted by Gasteiger charge is 2.36. The molecule has 2 aliphatic rings. The molecule has 2 heterocycles. The molecule has 1 atom stereocenters. The van der Waals surface area contributed by atoms with Gasteiger partial charge in [0.15, 0.2) is 15.8 Å². The van der Waals surface area contributed by atoms with E-state index in [2.05, 4.69) is 15.2 Å². The van der Waals surface area contributed by atoms with Crippen molar-refractivity contribution in [3.05, 3.63) is 35.9 Å². The van der Waals surface area contributed by atoms with E-state index in [1.165, 1.54) is 0 Å². The third-order valence-corrected chi connectivity index (χ3v) is 6.69. The smallest absolute Gasteiger partial charge is 0.410 e. The SMILES string of the molecule is CC(C)(C)OC(=O)N1CCN2C(NCCCS(=O)(=O)Cc3ccccc3)=NCC2C1. The lowest BCUT2D eigenvalue weighted by Gasteiger charge is -2.39. The number of ether oxygens (including phenoxy) is 1. The van der Waals surface area contributed by atoms with E-state index in [-0.39, 0.29) is 23.6 Å². The van der Waals surface area contributed by atoms with Crippen LogP contribution in [0.3, 0.4) is 0 Å². The van der Waals surface area contributed by atoms with E-state index >= 15 is 0 Å². The lowest BCUT2D eigenvalue weighted by Crippen LogP contribution is -2.57. The van der Waals surface area contributed by atoms with Gasteiger partial charge in [-0.15, -0.1) is 0 Å². The van der Waals surface area contributed by atoms with Crippen LogP contribution in [0.25, 0.3) is 0 Å². The lowest BCUT2D eigenvalue weighted by atomic mass is 10.2. The Bertz CT molecular complexity index is 865. The number of piperazine rings is 1. The monoisotopic (exact) mass is 436 g/mol. The van der Waals surface area contributed by atoms with Gasteiger partial charge in [-0.2, -0.15) is 0 Å². The number of rotatable bonds is 6. The van der Waals surface area contributed by atoms with Gasteiger partial charge in [0.25, 0.3) is 0 Å². The molecule has 1 saturated heterocycles. The normalized spacial score (nSPS) is 19.3. The molecular formula is C21H32N4O4S. The maximum absolute atomic E-state index is 12.3. The molecule has 30 heavy (non-hydrogen) atoms. The van der Waals surface area contributed by atoms with E-state index in [0.29, 0.717) is 39.1 Å². The highest BCUT2D eigenvalue weighted by Crippen LogP contribution is 2.18. The summed E-state index contributed by atoms with van der Waals surface area (Å²) < 4.78 is 30.1. The number of carbonyl (C=O) groups is 1. The number of hydrogen-bond donors (Lipinski definition) is 1. The van der Waals surface area contributed by atoms with Crippen LogP contribution in [-0.4, -0.2) is 80.4 Å². The van der Waals surface area contributed by atoms with Crippen LogP contribution in [0.4, 0.5) is 4.79 Å². The van der Waals surface area contributed by atoms with Crippen molar-refractivity contribution in [2.75, 3.05) is 38.5 Å². The van der Waals surface area contributed by atoms with Crippen molar-refractivity contribution in [3.8, 4) is 0 Å². The molecule has 0 radical (unpaired) electrons. The number of nitrogens with zero attached hydrogens (tertiary/aromatic N) is 3. The summed E-state index contributed by atoms with van der Waals surface area (Å²) in [5.74, 6) is 1.01. The van der Waals surface area contributed by atoms with Gasteiger partial charge >= 0.3 is 6.09 Å². The largest absolute Gasteiger partial charge is 0.444 e. The molecule has 1 N–H and O–H groups in total. The third-order valence-electron chi connectivity index (χ3n) is 5.00. The van der Waals surface area contributed by atoms with Crippen LogP contribution in [0.15, 0.2) is 35.3 Å². The first-order chi connectivity index (χ1) is 14.1. The second kappa shape index (κ2) is 9.24. The number of aliphatic imine (C=N–C) groups is 1. The maximum Gasteiger partial charge on any atom is 0.410 e. The van der Waals surface area contributed by atoms with Gasteiger partial charge in [-0.25, -0.2) is 13.2 Å². The van der Waals surface area contributed by atoms with Crippen molar-refractivity contribution in [1.82, 2.24) is 15.1 Å². The van der Waals surface area contributed by atoms with Crippen molar-refractivity contribution in [2.24, 2.45) is 4.99 Å². The topological polar surface area (TPSA) is 91.3 Å². The first-order valence-corrected chi connectivity index (χ1v) is 12.2. The number of amides is 1. The summed E-state index contributed by atoms with van der Waals surface area (Å²) in [6.45, 7) is 8.60. The molecule has 0 aromatic heterocycles. The Hall–Kier alpha value is -2.29. The number of fused-ring (bicyclic) bond motifs is 1. The molecule has 0 bridgehead atoms. The van der Waals surface area contributed by atoms with Crippen LogP contribution in [0.5, 0.6) is 0 Å². The average Bonchev–Trinajstić information content (AvgIpc) is 3.06. The predicted octanol–water partition coefficient (Wildman–Crippen LogP) is 1.87. The molecule has 9 heteroatoms. The van der Waals surface area contributed by atoms with E-state index in [1.807, 2.05) is 51.1 Å². The van der Waals surface area contributed by atoms with E-state index in [1.54, 1.807) is 4.90 Å². The standard InChI is InChI=1S/C21H32N4O4S/c1-21(2,3)29-20(26)24-11-12-25-18(15-24)14-23-19(25)22-10-7-13-30(27,28)16-17-8-5-4-6-9-17/h4-6,8-9,18H,7,10-16H2,1-3H3,(H,22,23). The fourth-order valence-electron chi connectivity index (χ4n) is 3.62. The third kappa shape index (κ3) is 6.35. The lowest BCUT2D eigenvalue weighted by molar-refractivity contribution is 0.0137. The fourth-order valence-corrected chi connectivity index (χ4v) is 5.04. The minimum atomic E-state index is -3.14. The summed E-state index contributed by atoms with van der Waals surface area (Å²) in [6, 6.07) is 9.38. The van der Waals surface area contributed by atoms with Gasteiger partial charge in [0, 0.05) is 26.2 Å². The zero-order chi connectivity index (χ0) is 21.8. The van der Waals surface area contributed by atoms with Crippen LogP contribution in [0.1, 0.15) is 32.8 Å². The molecule has 0 spiro atoms. The van der Waals surface area contributed by atoms with Crippen LogP contribution >= 0.6 is 0 Å². The second-order valence-corrected chi connectivity index (χ2v) is 11.0. The molecular weight excluding hydrogens is 404 g/mol. The molecule has 166 valence electrons. The summed E-state index contributed by atoms with van der Waals surface area (Å²) >= 11 is 0. The van der Waals surface area contributed by atoms with Crippen molar-refractivity contribution in [1.29, 1.82) is 0 Å². The molecule has 2 aliphatic heterocycles. The van der Waals surface area contributed by atoms with Gasteiger partial charge in [-0.05, 0) is 32.8 Å². The molecule has 1 aromatic rings. The molecule has 8 nitrogen and oxygen atoms in total. The fraction of sp³-hybridized carbons (Fsp3) is 0.619. The van der Waals surface area contributed by atoms with Gasteiger partial charge < -0.3 is 19.9 Å². The molecule has 1 unspecified atom stereocenters. The average molecular weight is 437 g/mol. The zero-order valence-corrected chi connectivity index (χ0v) is 18.8. The number of nitrogens with one attached hydrogen (secondary N) is 1. The molecule has 1 aromatic carbocycles. The first-order valence-electron chi connectivity index (χ1n) is 10.4. The zero-order valence-electron chi connectivity index (χ0n) is 18.0. The summed E-state index contributed by atoms with van der Waals surface area (Å²) in [5.41, 5.74) is 0.310. The van der Waals surface area contributed by atoms with Crippen LogP contribution < -0.4 is 5.32 Å². The van der Waals surface area contributed by atoms with Gasteiger partial charge in [-0.1, -0.05) is 30.3 Å². The Morgan fingerprint density at radius 3 is 2.67 bits per heavy atom. The molecule has 1 amide bonds. The summed E-state index contributed by atoms with van der Waals surface area (Å²) in [6.07, 6.45) is 0.240. The van der Waals surface area contributed by atoms with Crippen LogP contribution in [0.2, 0.25) is 0 Å². The van der Waals surface area contributed by atoms with E-state index in [0.717, 1.165) is 11.5 Å². The Kier molecular flexibility index (Phi) is 6.90. The molecule has 1 fully saturated rings. The summed E-state index contributed by atoms with van der Waals surface area (Å²) in [7, 11) is -3.14. The van der Waals surface area contributed by atoms with Crippen molar-refractivity contribution in [3.63, 3.8) is 0 Å². The second-order valence-electron chi connectivity index (χ2n) is 8.80. The van der Waals surface area contributed by atoms with Gasteiger partial charge in [0.1, 0.15) is 5.60 Å². The van der Waals surface area contributed by atoms with E-state index in [9.17, 15) is 13.2 Å². The first kappa shape index (κ1) is 22.4. The molecule has 3 rings (SSSR count). The van der Waals surface area contributed by atoms with Gasteiger partial charge in [-0.3, -0.25) is 4.99 Å². The van der Waals surface area contributed by atoms with Crippen molar-refractivity contribution >= 4 is 21.9 Å². The number of guanidine groups is 1. The highest BCUT2D eigenvalue weighted by atomic mass is 32.2. The Balaban J connectivity index is 1.40. The minimum Gasteiger partial charge on any atom is -0.444 e. The summed E-state index contributed by atoms with van der Waals surface area (Å²) in [5, 5.41) is 3.28. The number of carbonyl (C=O) groups excluding carboxylic acids is 1. The Morgan fingerprint density at radius 2 is 1.97 bits per heavy atom. The summed E-state index contributed by atoms with van der Waals surface area (Å²) in [4.78, 5) is 20.8. The predicted molar refractivity (Wildman–Crippen MR) is 117 cm³/mol. The van der Waals surface area contributed by atoms with Crippen molar-refractivity contribution in [2.45, 2.75) is 44.6 Å². The maximum atomic E-state index is 12.3. The molecule has 0 aliphatic carbocycles. The number of sulfone groups is 1. The Morgan fingerprint density at radius 1 is 1.23 bits per heavy atom.